The predicted octanol–water partition coefficient (Wildman–Crippen LogP) is -3.29. The third-order valence-corrected chi connectivity index (χ3v) is 1.67. The second-order valence-electron chi connectivity index (χ2n) is 3.12. The number of nitrogens with two attached hydrogens (primary N) is 2. The van der Waals surface area contributed by atoms with Crippen LogP contribution in [-0.4, -0.2) is 35.5 Å². The first-order valence-electron chi connectivity index (χ1n) is 4.55. The molecule has 1 unspecified atom stereocenters. The van der Waals surface area contributed by atoms with Crippen LogP contribution in [0, 0.1) is 0 Å². The fourth-order valence-electron chi connectivity index (χ4n) is 1.04. The number of carboxylic acids is 1. The lowest BCUT2D eigenvalue weighted by Gasteiger charge is -2.11. The summed E-state index contributed by atoms with van der Waals surface area (Å²) in [6.07, 6.45) is 0.879. The molecule has 0 aliphatic carbocycles. The summed E-state index contributed by atoms with van der Waals surface area (Å²) in [7, 11) is 0. The predicted molar refractivity (Wildman–Crippen MR) is 53.7 cm³/mol. The third-order valence-electron chi connectivity index (χ3n) is 1.67. The maximum atomic E-state index is 10.7. The van der Waals surface area contributed by atoms with Crippen LogP contribution in [0.15, 0.2) is 0 Å². The number of hydrogen-bond donors (Lipinski definition) is 5. The molecule has 0 aliphatic rings. The molecule has 0 aliphatic heterocycles. The molecule has 0 heterocycles. The molecule has 7 nitrogen and oxygen atoms in total. The zero-order valence-electron chi connectivity index (χ0n) is 8.62. The molecule has 86 valence electrons. The lowest BCUT2D eigenvalue weighted by molar-refractivity contribution is -0.459. The molecule has 0 aromatic rings. The van der Waals surface area contributed by atoms with E-state index < -0.39 is 12.0 Å². The molecule has 1 atom stereocenters. The maximum Gasteiger partial charge on any atom is 0.338 e. The van der Waals surface area contributed by atoms with Gasteiger partial charge in [-0.3, -0.25) is 21.3 Å². The number of guanidine groups is 1. The van der Waals surface area contributed by atoms with Crippen LogP contribution in [0.2, 0.25) is 0 Å². The first-order chi connectivity index (χ1) is 6.93. The first-order valence-corrected chi connectivity index (χ1v) is 4.55. The highest BCUT2D eigenvalue weighted by Crippen LogP contribution is 1.95. The Morgan fingerprint density at radius 3 is 2.47 bits per heavy atom. The second kappa shape index (κ2) is 6.63. The van der Waals surface area contributed by atoms with Gasteiger partial charge in [0.15, 0.2) is 0 Å². The van der Waals surface area contributed by atoms with Gasteiger partial charge in [-0.25, -0.2) is 4.79 Å². The Labute approximate surface area is 87.5 Å². The normalized spacial score (nSPS) is 11.5. The van der Waals surface area contributed by atoms with E-state index >= 15 is 0 Å². The van der Waals surface area contributed by atoms with Crippen molar-refractivity contribution in [3.05, 3.63) is 0 Å². The van der Waals surface area contributed by atoms with Crippen molar-refractivity contribution in [1.82, 2.24) is 5.32 Å². The molecular formula is C8H17N4O3+. The molecule has 1 amide bonds. The molecule has 7 heteroatoms. The Morgan fingerprint density at radius 1 is 1.47 bits per heavy atom. The largest absolute Gasteiger partial charge is 0.480 e. The van der Waals surface area contributed by atoms with Crippen LogP contribution in [0.25, 0.3) is 0 Å². The lowest BCUT2D eigenvalue weighted by atomic mass is 10.1. The van der Waals surface area contributed by atoms with E-state index in [2.05, 4.69) is 10.3 Å². The van der Waals surface area contributed by atoms with Gasteiger partial charge in [0, 0.05) is 6.92 Å². The van der Waals surface area contributed by atoms with Gasteiger partial charge in [-0.2, -0.15) is 0 Å². The number of carbonyl (C=O) groups is 2. The molecule has 0 fully saturated rings. The lowest BCUT2D eigenvalue weighted by Crippen LogP contribution is -2.78. The highest BCUT2D eigenvalue weighted by molar-refractivity contribution is 5.81. The zero-order valence-corrected chi connectivity index (χ0v) is 8.62. The minimum atomic E-state index is -1.05. The van der Waals surface area contributed by atoms with Crippen molar-refractivity contribution in [3.63, 3.8) is 0 Å². The monoisotopic (exact) mass is 217 g/mol. The minimum absolute atomic E-state index is 0.0985. The van der Waals surface area contributed by atoms with Gasteiger partial charge in [0.25, 0.3) is 0 Å². The van der Waals surface area contributed by atoms with Gasteiger partial charge < -0.3 is 10.4 Å². The van der Waals surface area contributed by atoms with Gasteiger partial charge >= 0.3 is 11.9 Å². The average Bonchev–Trinajstić information content (AvgIpc) is 2.08. The number of carbonyl (C=O) groups excluding carboxylic acids is 1. The van der Waals surface area contributed by atoms with Crippen molar-refractivity contribution < 1.29 is 19.7 Å². The Kier molecular flexibility index (Phi) is 5.84. The van der Waals surface area contributed by atoms with Crippen LogP contribution in [0.3, 0.4) is 0 Å². The van der Waals surface area contributed by atoms with Crippen LogP contribution < -0.4 is 21.8 Å². The highest BCUT2D eigenvalue weighted by atomic mass is 16.4. The van der Waals surface area contributed by atoms with Gasteiger partial charge in [-0.15, -0.1) is 0 Å². The topological polar surface area (TPSA) is 132 Å². The highest BCUT2D eigenvalue weighted by Gasteiger charge is 2.17. The summed E-state index contributed by atoms with van der Waals surface area (Å²) in [6, 6.07) is -0.858. The van der Waals surface area contributed by atoms with Crippen molar-refractivity contribution in [1.29, 1.82) is 0 Å². The Hall–Kier alpha value is -1.79. The van der Waals surface area contributed by atoms with Gasteiger partial charge in [0.1, 0.15) is 6.04 Å². The minimum Gasteiger partial charge on any atom is -0.480 e. The van der Waals surface area contributed by atoms with E-state index in [9.17, 15) is 9.59 Å². The number of rotatable bonds is 6. The van der Waals surface area contributed by atoms with Crippen LogP contribution in [0.1, 0.15) is 19.8 Å². The van der Waals surface area contributed by atoms with Crippen molar-refractivity contribution in [3.8, 4) is 0 Å². The average molecular weight is 217 g/mol. The van der Waals surface area contributed by atoms with Crippen molar-refractivity contribution in [2.45, 2.75) is 25.8 Å². The standard InChI is InChI=1S/C8H16N4O3/c1-5(13)12-6(7(14)15)3-2-4-11-8(9)10/h6H,2-4H2,1H3,(H,12,13)(H,14,15)(H4,9,10,11)/p+1. The van der Waals surface area contributed by atoms with Crippen LogP contribution in [0.5, 0.6) is 0 Å². The molecule has 0 bridgehead atoms. The summed E-state index contributed by atoms with van der Waals surface area (Å²) in [5.74, 6) is -1.31. The number of nitrogens with one attached hydrogen (secondary N) is 2. The maximum absolute atomic E-state index is 10.7. The summed E-state index contributed by atoms with van der Waals surface area (Å²) in [5.41, 5.74) is 10.3. The molecule has 0 rings (SSSR count). The molecule has 0 saturated heterocycles. The van der Waals surface area contributed by atoms with Crippen LogP contribution >= 0.6 is 0 Å². The van der Waals surface area contributed by atoms with E-state index in [1.165, 1.54) is 6.92 Å². The molecule has 7 N–H and O–H groups in total. The third kappa shape index (κ3) is 7.29. The summed E-state index contributed by atoms with van der Waals surface area (Å²) in [4.78, 5) is 24.0. The van der Waals surface area contributed by atoms with E-state index in [1.807, 2.05) is 0 Å². The molecule has 0 spiro atoms. The number of carboxylic acid groups (broad SMARTS) is 1. The van der Waals surface area contributed by atoms with E-state index in [0.717, 1.165) is 0 Å². The van der Waals surface area contributed by atoms with Crippen molar-refractivity contribution in [2.75, 3.05) is 6.54 Å². The quantitative estimate of drug-likeness (QED) is 0.181. The van der Waals surface area contributed by atoms with Gasteiger partial charge in [0.05, 0.1) is 6.54 Å². The first kappa shape index (κ1) is 13.2. The summed E-state index contributed by atoms with van der Waals surface area (Å²) < 4.78 is 0. The van der Waals surface area contributed by atoms with Gasteiger partial charge in [-0.05, 0) is 12.8 Å². The van der Waals surface area contributed by atoms with E-state index in [0.29, 0.717) is 19.4 Å². The number of amides is 1. The van der Waals surface area contributed by atoms with Gasteiger partial charge in [0.2, 0.25) is 5.91 Å². The molecule has 0 aromatic carbocycles. The molecule has 15 heavy (non-hydrogen) atoms. The Bertz CT molecular complexity index is 261. The Morgan fingerprint density at radius 2 is 2.07 bits per heavy atom. The second-order valence-corrected chi connectivity index (χ2v) is 3.12. The van der Waals surface area contributed by atoms with E-state index in [1.54, 1.807) is 0 Å². The summed E-state index contributed by atoms with van der Waals surface area (Å²) in [6.45, 7) is 1.76. The Balaban J connectivity index is 3.92. The van der Waals surface area contributed by atoms with Gasteiger partial charge in [-0.1, -0.05) is 0 Å². The fourth-order valence-corrected chi connectivity index (χ4v) is 1.04. The molecule has 0 saturated carbocycles. The molecule has 0 aromatic heterocycles. The van der Waals surface area contributed by atoms with Crippen molar-refractivity contribution in [2.24, 2.45) is 11.5 Å². The SMILES string of the molecule is CC(=O)NC(CCC[NH+]=C(N)N)C(=O)O. The van der Waals surface area contributed by atoms with E-state index in [4.69, 9.17) is 16.6 Å². The smallest absolute Gasteiger partial charge is 0.338 e. The molecule has 0 radical (unpaired) electrons. The molecular weight excluding hydrogens is 200 g/mol. The van der Waals surface area contributed by atoms with Crippen LogP contribution in [-0.2, 0) is 9.59 Å². The fraction of sp³-hybridized carbons (Fsp3) is 0.625. The van der Waals surface area contributed by atoms with Crippen LogP contribution in [0.4, 0.5) is 0 Å². The summed E-state index contributed by atoms with van der Waals surface area (Å²) in [5, 5.41) is 11.1. The number of aliphatic carboxylic acids is 1. The summed E-state index contributed by atoms with van der Waals surface area (Å²) >= 11 is 0. The van der Waals surface area contributed by atoms with Crippen molar-refractivity contribution >= 4 is 17.8 Å². The van der Waals surface area contributed by atoms with E-state index in [-0.39, 0.29) is 11.9 Å². The number of hydrogen-bond acceptors (Lipinski definition) is 2. The zero-order chi connectivity index (χ0) is 11.8.